The summed E-state index contributed by atoms with van der Waals surface area (Å²) in [6, 6.07) is 15.3. The van der Waals surface area contributed by atoms with Gasteiger partial charge in [0.05, 0.1) is 49.0 Å². The van der Waals surface area contributed by atoms with Crippen molar-refractivity contribution in [2.75, 3.05) is 25.7 Å². The fourth-order valence-electron chi connectivity index (χ4n) is 4.53. The van der Waals surface area contributed by atoms with E-state index in [1.165, 1.54) is 31.3 Å². The number of imidazole rings is 1. The Morgan fingerprint density at radius 2 is 1.82 bits per heavy atom. The molecule has 1 aliphatic heterocycles. The van der Waals surface area contributed by atoms with Crippen LogP contribution in [-0.2, 0) is 9.59 Å². The standard InChI is InChI=1S/C28H25N3O7/c1-4-38-22-13-15(9-12-20(22)32)24-23(25(33)17-11-10-16(36-2)14-21(17)37-3)26(34)27(35)31(24)28-29-18-7-5-6-8-19(18)30-28/h5-14,24,32-33H,4H2,1-3H3,(H,29,30)/b25-23+. The summed E-state index contributed by atoms with van der Waals surface area (Å²) in [6.07, 6.45) is 0. The van der Waals surface area contributed by atoms with Crippen LogP contribution in [-0.4, -0.2) is 52.7 Å². The van der Waals surface area contributed by atoms with Gasteiger partial charge in [0.1, 0.15) is 17.3 Å². The number of anilines is 1. The Morgan fingerprint density at radius 3 is 2.53 bits per heavy atom. The topological polar surface area (TPSA) is 134 Å². The van der Waals surface area contributed by atoms with Crippen LogP contribution >= 0.6 is 0 Å². The number of amides is 1. The summed E-state index contributed by atoms with van der Waals surface area (Å²) in [7, 11) is 2.92. The lowest BCUT2D eigenvalue weighted by Crippen LogP contribution is -2.30. The number of H-pyrrole nitrogens is 1. The average Bonchev–Trinajstić information content (AvgIpc) is 3.47. The molecule has 0 aliphatic carbocycles. The molecule has 1 aliphatic rings. The highest BCUT2D eigenvalue weighted by Gasteiger charge is 2.48. The summed E-state index contributed by atoms with van der Waals surface area (Å²) < 4.78 is 16.2. The number of methoxy groups -OCH3 is 2. The van der Waals surface area contributed by atoms with E-state index in [4.69, 9.17) is 14.2 Å². The number of hydrogen-bond acceptors (Lipinski definition) is 8. The molecule has 5 rings (SSSR count). The molecule has 38 heavy (non-hydrogen) atoms. The molecule has 3 N–H and O–H groups in total. The molecule has 10 heteroatoms. The second-order valence-corrected chi connectivity index (χ2v) is 8.47. The van der Waals surface area contributed by atoms with Crippen LogP contribution in [0.5, 0.6) is 23.0 Å². The number of aromatic nitrogens is 2. The summed E-state index contributed by atoms with van der Waals surface area (Å²) in [5.74, 6) is -1.29. The second-order valence-electron chi connectivity index (χ2n) is 8.47. The molecule has 1 atom stereocenters. The SMILES string of the molecule is CCOc1cc(C2/C(=C(\O)c3ccc(OC)cc3OC)C(=O)C(=O)N2c2nc3ccccc3[nH]2)ccc1O. The van der Waals surface area contributed by atoms with Gasteiger partial charge in [0.2, 0.25) is 5.95 Å². The predicted molar refractivity (Wildman–Crippen MR) is 140 cm³/mol. The Labute approximate surface area is 217 Å². The number of ether oxygens (including phenoxy) is 3. The molecule has 0 saturated carbocycles. The van der Waals surface area contributed by atoms with E-state index in [0.717, 1.165) is 0 Å². The minimum absolute atomic E-state index is 0.104. The number of rotatable bonds is 7. The van der Waals surface area contributed by atoms with Gasteiger partial charge in [-0.3, -0.25) is 14.5 Å². The second kappa shape index (κ2) is 9.81. The van der Waals surface area contributed by atoms with Crippen molar-refractivity contribution in [3.05, 3.63) is 77.4 Å². The van der Waals surface area contributed by atoms with Gasteiger partial charge in [-0.15, -0.1) is 0 Å². The van der Waals surface area contributed by atoms with E-state index in [0.29, 0.717) is 22.3 Å². The first-order valence-corrected chi connectivity index (χ1v) is 11.8. The van der Waals surface area contributed by atoms with E-state index < -0.39 is 23.5 Å². The number of phenolic OH excluding ortho intramolecular Hbond substituents is 1. The van der Waals surface area contributed by atoms with Crippen LogP contribution in [0.25, 0.3) is 16.8 Å². The molecule has 3 aromatic carbocycles. The van der Waals surface area contributed by atoms with E-state index in [-0.39, 0.29) is 40.9 Å². The van der Waals surface area contributed by atoms with E-state index in [1.54, 1.807) is 43.3 Å². The van der Waals surface area contributed by atoms with Crippen molar-refractivity contribution in [2.24, 2.45) is 0 Å². The molecule has 0 bridgehead atoms. The molecule has 2 heterocycles. The van der Waals surface area contributed by atoms with E-state index in [1.807, 2.05) is 12.1 Å². The van der Waals surface area contributed by atoms with Crippen LogP contribution in [0.4, 0.5) is 5.95 Å². The first-order valence-electron chi connectivity index (χ1n) is 11.8. The molecule has 1 amide bonds. The highest BCUT2D eigenvalue weighted by Crippen LogP contribution is 2.44. The number of nitrogens with one attached hydrogen (secondary N) is 1. The quantitative estimate of drug-likeness (QED) is 0.188. The van der Waals surface area contributed by atoms with E-state index in [9.17, 15) is 19.8 Å². The van der Waals surface area contributed by atoms with Crippen molar-refractivity contribution in [3.8, 4) is 23.0 Å². The Morgan fingerprint density at radius 1 is 1.03 bits per heavy atom. The number of phenols is 1. The lowest BCUT2D eigenvalue weighted by molar-refractivity contribution is -0.132. The Balaban J connectivity index is 1.76. The number of aromatic hydroxyl groups is 1. The van der Waals surface area contributed by atoms with Gasteiger partial charge in [0.25, 0.3) is 5.78 Å². The van der Waals surface area contributed by atoms with Crippen LogP contribution in [0.3, 0.4) is 0 Å². The van der Waals surface area contributed by atoms with Gasteiger partial charge in [-0.25, -0.2) is 4.98 Å². The first-order chi connectivity index (χ1) is 18.4. The van der Waals surface area contributed by atoms with Gasteiger partial charge in [0.15, 0.2) is 11.5 Å². The van der Waals surface area contributed by atoms with Gasteiger partial charge >= 0.3 is 5.91 Å². The van der Waals surface area contributed by atoms with Gasteiger partial charge in [-0.2, -0.15) is 0 Å². The molecule has 194 valence electrons. The number of ketones is 1. The van der Waals surface area contributed by atoms with Gasteiger partial charge in [-0.05, 0) is 48.9 Å². The minimum Gasteiger partial charge on any atom is -0.507 e. The maximum Gasteiger partial charge on any atom is 0.302 e. The number of aromatic amines is 1. The number of Topliss-reactive ketones (excluding diaryl/α,β-unsaturated/α-hetero) is 1. The average molecular weight is 516 g/mol. The number of para-hydroxylation sites is 2. The zero-order valence-corrected chi connectivity index (χ0v) is 20.9. The zero-order valence-electron chi connectivity index (χ0n) is 20.9. The van der Waals surface area contributed by atoms with E-state index >= 15 is 0 Å². The third-order valence-electron chi connectivity index (χ3n) is 6.31. The van der Waals surface area contributed by atoms with Crippen LogP contribution in [0.15, 0.2) is 66.2 Å². The van der Waals surface area contributed by atoms with Crippen LogP contribution < -0.4 is 19.1 Å². The molecular formula is C28H25N3O7. The van der Waals surface area contributed by atoms with Crippen molar-refractivity contribution in [2.45, 2.75) is 13.0 Å². The van der Waals surface area contributed by atoms with Gasteiger partial charge < -0.3 is 29.4 Å². The Kier molecular flexibility index (Phi) is 6.38. The van der Waals surface area contributed by atoms with Crippen LogP contribution in [0.2, 0.25) is 0 Å². The van der Waals surface area contributed by atoms with Crippen molar-refractivity contribution >= 4 is 34.4 Å². The van der Waals surface area contributed by atoms with Crippen molar-refractivity contribution in [1.29, 1.82) is 0 Å². The van der Waals surface area contributed by atoms with Crippen molar-refractivity contribution in [1.82, 2.24) is 9.97 Å². The number of aliphatic hydroxyl groups is 1. The number of fused-ring (bicyclic) bond motifs is 1. The molecule has 1 fully saturated rings. The number of carbonyl (C=O) groups is 2. The monoisotopic (exact) mass is 515 g/mol. The largest absolute Gasteiger partial charge is 0.507 e. The third-order valence-corrected chi connectivity index (χ3v) is 6.31. The number of hydrogen-bond donors (Lipinski definition) is 3. The van der Waals surface area contributed by atoms with E-state index in [2.05, 4.69) is 9.97 Å². The lowest BCUT2D eigenvalue weighted by atomic mass is 9.94. The summed E-state index contributed by atoms with van der Waals surface area (Å²) in [6.45, 7) is 2.05. The molecule has 0 spiro atoms. The number of benzene rings is 3. The molecule has 4 aromatic rings. The van der Waals surface area contributed by atoms with Crippen LogP contribution in [0, 0.1) is 0 Å². The molecule has 1 saturated heterocycles. The van der Waals surface area contributed by atoms with Crippen LogP contribution in [0.1, 0.15) is 24.1 Å². The predicted octanol–water partition coefficient (Wildman–Crippen LogP) is 4.31. The Hall–Kier alpha value is -4.99. The Bertz CT molecular complexity index is 1560. The maximum atomic E-state index is 13.5. The van der Waals surface area contributed by atoms with Crippen molar-refractivity contribution in [3.63, 3.8) is 0 Å². The third kappa shape index (κ3) is 4.05. The highest BCUT2D eigenvalue weighted by atomic mass is 16.5. The lowest BCUT2D eigenvalue weighted by Gasteiger charge is -2.24. The fourth-order valence-corrected chi connectivity index (χ4v) is 4.53. The number of carbonyl (C=O) groups excluding carboxylic acids is 2. The molecular weight excluding hydrogens is 490 g/mol. The van der Waals surface area contributed by atoms with Crippen molar-refractivity contribution < 1.29 is 34.0 Å². The highest BCUT2D eigenvalue weighted by molar-refractivity contribution is 6.51. The first kappa shape index (κ1) is 24.7. The zero-order chi connectivity index (χ0) is 27.0. The molecule has 1 aromatic heterocycles. The van der Waals surface area contributed by atoms with Gasteiger partial charge in [-0.1, -0.05) is 18.2 Å². The van der Waals surface area contributed by atoms with Gasteiger partial charge in [0, 0.05) is 6.07 Å². The maximum absolute atomic E-state index is 13.5. The summed E-state index contributed by atoms with van der Waals surface area (Å²) in [5.41, 5.74) is 1.71. The number of aliphatic hydroxyl groups excluding tert-OH is 1. The number of nitrogens with zero attached hydrogens (tertiary/aromatic N) is 2. The smallest absolute Gasteiger partial charge is 0.302 e. The molecule has 0 radical (unpaired) electrons. The molecule has 1 unspecified atom stereocenters. The summed E-state index contributed by atoms with van der Waals surface area (Å²) in [5, 5.41) is 21.8. The summed E-state index contributed by atoms with van der Waals surface area (Å²) in [4.78, 5) is 35.8. The normalized spacial score (nSPS) is 16.7. The minimum atomic E-state index is -1.10. The summed E-state index contributed by atoms with van der Waals surface area (Å²) >= 11 is 0. The fraction of sp³-hybridized carbons (Fsp3) is 0.179. The molecule has 10 nitrogen and oxygen atoms in total.